The molecule has 0 spiro atoms. The number of carbonyl (C=O) groups is 1. The Morgan fingerprint density at radius 1 is 1.30 bits per heavy atom. The molecule has 1 atom stereocenters. The third-order valence-corrected chi connectivity index (χ3v) is 3.72. The highest BCUT2D eigenvalue weighted by atomic mass is 32.1. The molecular formula is C16H20N2O4S. The van der Waals surface area contributed by atoms with Gasteiger partial charge in [0.25, 0.3) is 0 Å². The van der Waals surface area contributed by atoms with E-state index in [0.29, 0.717) is 34.5 Å². The number of allylic oxidation sites excluding steroid dienone is 1. The number of carbonyl (C=O) groups excluding carboxylic acids is 1. The average molecular weight is 336 g/mol. The van der Waals surface area contributed by atoms with E-state index in [4.69, 9.17) is 26.4 Å². The van der Waals surface area contributed by atoms with Gasteiger partial charge in [-0.25, -0.2) is 4.79 Å². The van der Waals surface area contributed by atoms with Gasteiger partial charge in [-0.05, 0) is 43.8 Å². The molecule has 0 radical (unpaired) electrons. The number of hydrogen-bond acceptors (Lipinski definition) is 5. The smallest absolute Gasteiger partial charge is 0.337 e. The number of benzene rings is 1. The summed E-state index contributed by atoms with van der Waals surface area (Å²) in [6.07, 6.45) is 0. The Morgan fingerprint density at radius 2 is 2.04 bits per heavy atom. The van der Waals surface area contributed by atoms with Crippen LogP contribution in [0.3, 0.4) is 0 Å². The van der Waals surface area contributed by atoms with Crippen molar-refractivity contribution >= 4 is 23.3 Å². The van der Waals surface area contributed by atoms with Crippen LogP contribution in [0.1, 0.15) is 25.5 Å². The van der Waals surface area contributed by atoms with Gasteiger partial charge in [-0.15, -0.1) is 0 Å². The third kappa shape index (κ3) is 3.56. The topological polar surface area (TPSA) is 68.8 Å². The second kappa shape index (κ2) is 7.32. The van der Waals surface area contributed by atoms with E-state index in [9.17, 15) is 4.79 Å². The quantitative estimate of drug-likeness (QED) is 0.630. The van der Waals surface area contributed by atoms with Crippen LogP contribution in [0.25, 0.3) is 0 Å². The summed E-state index contributed by atoms with van der Waals surface area (Å²) in [6, 6.07) is 5.09. The molecule has 2 N–H and O–H groups in total. The molecular weight excluding hydrogens is 316 g/mol. The van der Waals surface area contributed by atoms with Crippen molar-refractivity contribution < 1.29 is 19.0 Å². The zero-order chi connectivity index (χ0) is 17.0. The van der Waals surface area contributed by atoms with Crippen molar-refractivity contribution in [3.63, 3.8) is 0 Å². The summed E-state index contributed by atoms with van der Waals surface area (Å²) in [7, 11) is 2.94. The lowest BCUT2D eigenvalue weighted by Crippen LogP contribution is -2.45. The Hall–Kier alpha value is -2.28. The van der Waals surface area contributed by atoms with Crippen molar-refractivity contribution in [1.29, 1.82) is 0 Å². The lowest BCUT2D eigenvalue weighted by molar-refractivity contribution is -0.136. The van der Waals surface area contributed by atoms with E-state index in [1.165, 1.54) is 7.11 Å². The van der Waals surface area contributed by atoms with Crippen molar-refractivity contribution in [2.24, 2.45) is 0 Å². The summed E-state index contributed by atoms with van der Waals surface area (Å²) >= 11 is 5.20. The van der Waals surface area contributed by atoms with Crippen LogP contribution in [-0.2, 0) is 9.53 Å². The van der Waals surface area contributed by atoms with Gasteiger partial charge in [0.05, 0.1) is 32.4 Å². The normalized spacial score (nSPS) is 17.2. The Kier molecular flexibility index (Phi) is 5.44. The van der Waals surface area contributed by atoms with Crippen molar-refractivity contribution in [2.75, 3.05) is 20.8 Å². The molecule has 6 nitrogen and oxygen atoms in total. The zero-order valence-electron chi connectivity index (χ0n) is 13.6. The maximum Gasteiger partial charge on any atom is 0.337 e. The molecule has 0 saturated heterocycles. The molecule has 124 valence electrons. The second-order valence-corrected chi connectivity index (χ2v) is 5.31. The molecule has 0 saturated carbocycles. The van der Waals surface area contributed by atoms with Crippen LogP contribution in [-0.4, -0.2) is 31.9 Å². The minimum absolute atomic E-state index is 0.413. The Labute approximate surface area is 140 Å². The maximum atomic E-state index is 12.1. The van der Waals surface area contributed by atoms with Crippen LogP contribution in [0.2, 0.25) is 0 Å². The third-order valence-electron chi connectivity index (χ3n) is 3.50. The van der Waals surface area contributed by atoms with Gasteiger partial charge in [-0.3, -0.25) is 0 Å². The molecule has 1 aliphatic rings. The Morgan fingerprint density at radius 3 is 2.65 bits per heavy atom. The lowest BCUT2D eigenvalue weighted by atomic mass is 9.95. The van der Waals surface area contributed by atoms with E-state index in [2.05, 4.69) is 10.6 Å². The van der Waals surface area contributed by atoms with Crippen LogP contribution in [0.5, 0.6) is 11.5 Å². The standard InChI is InChI=1S/C16H20N2O4S/c1-5-22-12-8-10(6-7-11(12)20-3)14-13(15(19)21-4)9(2)17-16(23)18-14/h6-8,14H,5H2,1-4H3,(H2,17,18,23)/t14-/m1/s1. The largest absolute Gasteiger partial charge is 0.493 e. The number of thiocarbonyl (C=S) groups is 1. The number of methoxy groups -OCH3 is 2. The number of esters is 1. The molecule has 1 aromatic rings. The minimum Gasteiger partial charge on any atom is -0.493 e. The predicted octanol–water partition coefficient (Wildman–Crippen LogP) is 2.06. The van der Waals surface area contributed by atoms with Gasteiger partial charge in [0, 0.05) is 5.70 Å². The van der Waals surface area contributed by atoms with E-state index in [1.54, 1.807) is 20.1 Å². The van der Waals surface area contributed by atoms with Crippen LogP contribution >= 0.6 is 12.2 Å². The molecule has 0 amide bonds. The summed E-state index contributed by atoms with van der Waals surface area (Å²) < 4.78 is 15.8. The monoisotopic (exact) mass is 336 g/mol. The summed E-state index contributed by atoms with van der Waals surface area (Å²) in [6.45, 7) is 4.20. The Balaban J connectivity index is 2.49. The number of rotatable bonds is 5. The van der Waals surface area contributed by atoms with Crippen LogP contribution in [0, 0.1) is 0 Å². The fourth-order valence-electron chi connectivity index (χ4n) is 2.47. The van der Waals surface area contributed by atoms with E-state index in [-0.39, 0.29) is 0 Å². The first-order valence-corrected chi connectivity index (χ1v) is 7.60. The van der Waals surface area contributed by atoms with Gasteiger partial charge in [0.2, 0.25) is 0 Å². The molecule has 0 fully saturated rings. The number of ether oxygens (including phenoxy) is 3. The van der Waals surface area contributed by atoms with Gasteiger partial charge in [-0.1, -0.05) is 6.07 Å². The molecule has 0 aromatic heterocycles. The first-order chi connectivity index (χ1) is 11.0. The second-order valence-electron chi connectivity index (χ2n) is 4.91. The fourth-order valence-corrected chi connectivity index (χ4v) is 2.74. The minimum atomic E-state index is -0.415. The Bertz CT molecular complexity index is 657. The van der Waals surface area contributed by atoms with Crippen molar-refractivity contribution in [2.45, 2.75) is 19.9 Å². The summed E-state index contributed by atoms with van der Waals surface area (Å²) in [5, 5.41) is 6.50. The average Bonchev–Trinajstić information content (AvgIpc) is 2.53. The predicted molar refractivity (Wildman–Crippen MR) is 90.5 cm³/mol. The van der Waals surface area contributed by atoms with Gasteiger partial charge >= 0.3 is 5.97 Å². The number of hydrogen-bond donors (Lipinski definition) is 2. The summed E-state index contributed by atoms with van der Waals surface area (Å²) in [5.74, 6) is 0.830. The molecule has 23 heavy (non-hydrogen) atoms. The highest BCUT2D eigenvalue weighted by Gasteiger charge is 2.31. The van der Waals surface area contributed by atoms with Crippen molar-refractivity contribution in [3.05, 3.63) is 35.0 Å². The fraction of sp³-hybridized carbons (Fsp3) is 0.375. The SMILES string of the molecule is CCOc1cc([C@H]2NC(=S)NC(C)=C2C(=O)OC)ccc1OC. The van der Waals surface area contributed by atoms with E-state index in [0.717, 1.165) is 5.56 Å². The highest BCUT2D eigenvalue weighted by molar-refractivity contribution is 7.80. The molecule has 1 aromatic carbocycles. The van der Waals surface area contributed by atoms with E-state index < -0.39 is 12.0 Å². The van der Waals surface area contributed by atoms with Gasteiger partial charge in [0.1, 0.15) is 0 Å². The van der Waals surface area contributed by atoms with Crippen molar-refractivity contribution in [1.82, 2.24) is 10.6 Å². The van der Waals surface area contributed by atoms with Gasteiger partial charge < -0.3 is 24.8 Å². The van der Waals surface area contributed by atoms with E-state index >= 15 is 0 Å². The highest BCUT2D eigenvalue weighted by Crippen LogP contribution is 2.34. The van der Waals surface area contributed by atoms with Crippen LogP contribution < -0.4 is 20.1 Å². The molecule has 7 heteroatoms. The van der Waals surface area contributed by atoms with Crippen LogP contribution in [0.4, 0.5) is 0 Å². The first kappa shape index (κ1) is 17.1. The first-order valence-electron chi connectivity index (χ1n) is 7.19. The number of nitrogens with one attached hydrogen (secondary N) is 2. The van der Waals surface area contributed by atoms with Crippen LogP contribution in [0.15, 0.2) is 29.5 Å². The zero-order valence-corrected chi connectivity index (χ0v) is 14.4. The van der Waals surface area contributed by atoms with Gasteiger partial charge in [0.15, 0.2) is 16.6 Å². The molecule has 1 aliphatic heterocycles. The molecule has 1 heterocycles. The molecule has 0 aliphatic carbocycles. The molecule has 0 unspecified atom stereocenters. The lowest BCUT2D eigenvalue weighted by Gasteiger charge is -2.30. The molecule has 2 rings (SSSR count). The summed E-state index contributed by atoms with van der Waals surface area (Å²) in [5.41, 5.74) is 1.98. The summed E-state index contributed by atoms with van der Waals surface area (Å²) in [4.78, 5) is 12.1. The molecule has 0 bridgehead atoms. The van der Waals surface area contributed by atoms with E-state index in [1.807, 2.05) is 19.1 Å². The van der Waals surface area contributed by atoms with Crippen molar-refractivity contribution in [3.8, 4) is 11.5 Å². The maximum absolute atomic E-state index is 12.1. The van der Waals surface area contributed by atoms with Gasteiger partial charge in [-0.2, -0.15) is 0 Å².